The van der Waals surface area contributed by atoms with Crippen molar-refractivity contribution in [2.24, 2.45) is 0 Å². The fourth-order valence-corrected chi connectivity index (χ4v) is 1.96. The summed E-state index contributed by atoms with van der Waals surface area (Å²) in [6.45, 7) is 4.75. The lowest BCUT2D eigenvalue weighted by Gasteiger charge is -2.28. The molecule has 0 aromatic rings. The molecule has 76 valence electrons. The molecule has 1 aliphatic heterocycles. The fraction of sp³-hybridized carbons (Fsp3) is 0.900. The van der Waals surface area contributed by atoms with Crippen LogP contribution in [-0.2, 0) is 4.79 Å². The first-order valence-corrected chi connectivity index (χ1v) is 5.51. The van der Waals surface area contributed by atoms with Crippen molar-refractivity contribution >= 4 is 17.5 Å². The highest BCUT2D eigenvalue weighted by Gasteiger charge is 2.24. The van der Waals surface area contributed by atoms with E-state index < -0.39 is 0 Å². The molecule has 13 heavy (non-hydrogen) atoms. The second-order valence-electron chi connectivity index (χ2n) is 3.85. The zero-order valence-electron chi connectivity index (χ0n) is 8.42. The molecule has 2 atom stereocenters. The average Bonchev–Trinajstić information content (AvgIpc) is 2.28. The highest BCUT2D eigenvalue weighted by molar-refractivity contribution is 6.30. The van der Waals surface area contributed by atoms with Crippen molar-refractivity contribution in [3.8, 4) is 0 Å². The molecule has 0 aliphatic carbocycles. The van der Waals surface area contributed by atoms with E-state index in [0.29, 0.717) is 6.04 Å². The van der Waals surface area contributed by atoms with Crippen LogP contribution in [0.4, 0.5) is 0 Å². The summed E-state index contributed by atoms with van der Waals surface area (Å²) in [5, 5.41) is -0.374. The molecule has 2 nitrogen and oxygen atoms in total. The standard InChI is InChI=1S/C10H18ClNO/c1-8-6-4-3-5-7-12(8)10(13)9(2)11/h8-9H,3-7H2,1-2H3. The summed E-state index contributed by atoms with van der Waals surface area (Å²) in [6, 6.07) is 0.371. The van der Waals surface area contributed by atoms with Gasteiger partial charge in [-0.15, -0.1) is 11.6 Å². The van der Waals surface area contributed by atoms with Crippen LogP contribution in [0, 0.1) is 0 Å². The second kappa shape index (κ2) is 4.85. The van der Waals surface area contributed by atoms with Crippen LogP contribution in [0.1, 0.15) is 39.5 Å². The van der Waals surface area contributed by atoms with Crippen molar-refractivity contribution in [3.63, 3.8) is 0 Å². The van der Waals surface area contributed by atoms with E-state index in [1.54, 1.807) is 6.92 Å². The smallest absolute Gasteiger partial charge is 0.240 e. The Balaban J connectivity index is 2.58. The molecular weight excluding hydrogens is 186 g/mol. The molecule has 1 amide bonds. The highest BCUT2D eigenvalue weighted by Crippen LogP contribution is 2.18. The third kappa shape index (κ3) is 2.87. The number of hydrogen-bond acceptors (Lipinski definition) is 1. The topological polar surface area (TPSA) is 20.3 Å². The molecule has 1 saturated heterocycles. The Morgan fingerprint density at radius 1 is 1.46 bits per heavy atom. The lowest BCUT2D eigenvalue weighted by Crippen LogP contribution is -2.41. The molecule has 0 aromatic heterocycles. The Hall–Kier alpha value is -0.240. The van der Waals surface area contributed by atoms with Crippen LogP contribution in [0.3, 0.4) is 0 Å². The molecule has 0 radical (unpaired) electrons. The van der Waals surface area contributed by atoms with Crippen molar-refractivity contribution < 1.29 is 4.79 Å². The quantitative estimate of drug-likeness (QED) is 0.600. The minimum absolute atomic E-state index is 0.0936. The van der Waals surface area contributed by atoms with Gasteiger partial charge in [-0.05, 0) is 26.7 Å². The van der Waals surface area contributed by atoms with Gasteiger partial charge in [0.05, 0.1) is 0 Å². The van der Waals surface area contributed by atoms with E-state index in [1.165, 1.54) is 12.8 Å². The van der Waals surface area contributed by atoms with Gasteiger partial charge >= 0.3 is 0 Å². The maximum Gasteiger partial charge on any atom is 0.240 e. The Kier molecular flexibility index (Phi) is 4.04. The van der Waals surface area contributed by atoms with E-state index in [-0.39, 0.29) is 11.3 Å². The summed E-state index contributed by atoms with van der Waals surface area (Å²) in [7, 11) is 0. The fourth-order valence-electron chi connectivity index (χ4n) is 1.83. The molecule has 3 heteroatoms. The number of carbonyl (C=O) groups excluding carboxylic acids is 1. The van der Waals surface area contributed by atoms with Crippen LogP contribution in [0.5, 0.6) is 0 Å². The summed E-state index contributed by atoms with van der Waals surface area (Å²) in [4.78, 5) is 13.6. The summed E-state index contributed by atoms with van der Waals surface area (Å²) < 4.78 is 0. The van der Waals surface area contributed by atoms with E-state index in [9.17, 15) is 4.79 Å². The molecule has 0 aromatic carbocycles. The van der Waals surface area contributed by atoms with Gasteiger partial charge in [-0.2, -0.15) is 0 Å². The van der Waals surface area contributed by atoms with Crippen LogP contribution >= 0.6 is 11.6 Å². The summed E-state index contributed by atoms with van der Waals surface area (Å²) in [5.74, 6) is 0.0936. The Morgan fingerprint density at radius 2 is 2.15 bits per heavy atom. The monoisotopic (exact) mass is 203 g/mol. The van der Waals surface area contributed by atoms with Crippen LogP contribution in [0.15, 0.2) is 0 Å². The lowest BCUT2D eigenvalue weighted by atomic mass is 10.1. The van der Waals surface area contributed by atoms with Crippen molar-refractivity contribution in [3.05, 3.63) is 0 Å². The van der Waals surface area contributed by atoms with Crippen molar-refractivity contribution in [2.75, 3.05) is 6.54 Å². The zero-order valence-corrected chi connectivity index (χ0v) is 9.18. The van der Waals surface area contributed by atoms with E-state index in [0.717, 1.165) is 19.4 Å². The molecule has 1 rings (SSSR count). The Morgan fingerprint density at radius 3 is 2.77 bits per heavy atom. The average molecular weight is 204 g/mol. The first-order chi connectivity index (χ1) is 6.13. The van der Waals surface area contributed by atoms with Gasteiger partial charge in [0.2, 0.25) is 5.91 Å². The second-order valence-corrected chi connectivity index (χ2v) is 4.50. The number of rotatable bonds is 1. The van der Waals surface area contributed by atoms with Crippen LogP contribution in [0.25, 0.3) is 0 Å². The van der Waals surface area contributed by atoms with Crippen molar-refractivity contribution in [2.45, 2.75) is 50.9 Å². The molecule has 1 fully saturated rings. The zero-order chi connectivity index (χ0) is 9.84. The third-order valence-corrected chi connectivity index (χ3v) is 2.86. The highest BCUT2D eigenvalue weighted by atomic mass is 35.5. The maximum absolute atomic E-state index is 11.7. The number of amides is 1. The van der Waals surface area contributed by atoms with Crippen LogP contribution < -0.4 is 0 Å². The number of hydrogen-bond donors (Lipinski definition) is 0. The van der Waals surface area contributed by atoms with Gasteiger partial charge in [0.25, 0.3) is 0 Å². The molecule has 0 N–H and O–H groups in total. The number of halogens is 1. The first-order valence-electron chi connectivity index (χ1n) is 5.07. The van der Waals surface area contributed by atoms with Gasteiger partial charge in [0.15, 0.2) is 0 Å². The van der Waals surface area contributed by atoms with Crippen LogP contribution in [-0.4, -0.2) is 28.8 Å². The van der Waals surface area contributed by atoms with Gasteiger partial charge in [-0.3, -0.25) is 4.79 Å². The number of nitrogens with zero attached hydrogens (tertiary/aromatic N) is 1. The SMILES string of the molecule is CC(Cl)C(=O)N1CCCCCC1C. The minimum atomic E-state index is -0.374. The summed E-state index contributed by atoms with van der Waals surface area (Å²) in [6.07, 6.45) is 4.72. The molecule has 1 aliphatic rings. The van der Waals surface area contributed by atoms with Crippen molar-refractivity contribution in [1.29, 1.82) is 0 Å². The van der Waals surface area contributed by atoms with Gasteiger partial charge in [-0.25, -0.2) is 0 Å². The van der Waals surface area contributed by atoms with Gasteiger partial charge < -0.3 is 4.90 Å². The van der Waals surface area contributed by atoms with Gasteiger partial charge in [0.1, 0.15) is 5.38 Å². The van der Waals surface area contributed by atoms with E-state index >= 15 is 0 Å². The lowest BCUT2D eigenvalue weighted by molar-refractivity contribution is -0.132. The van der Waals surface area contributed by atoms with E-state index in [1.807, 2.05) is 4.90 Å². The number of alkyl halides is 1. The van der Waals surface area contributed by atoms with Crippen molar-refractivity contribution in [1.82, 2.24) is 4.90 Å². The van der Waals surface area contributed by atoms with Gasteiger partial charge in [-0.1, -0.05) is 12.8 Å². The molecule has 0 spiro atoms. The molecule has 0 bridgehead atoms. The molecule has 2 unspecified atom stereocenters. The summed E-state index contributed by atoms with van der Waals surface area (Å²) >= 11 is 5.79. The molecule has 1 heterocycles. The maximum atomic E-state index is 11.7. The normalized spacial score (nSPS) is 26.7. The summed E-state index contributed by atoms with van der Waals surface area (Å²) in [5.41, 5.74) is 0. The predicted octanol–water partition coefficient (Wildman–Crippen LogP) is 2.40. The van der Waals surface area contributed by atoms with E-state index in [2.05, 4.69) is 6.92 Å². The minimum Gasteiger partial charge on any atom is -0.339 e. The molecule has 0 saturated carbocycles. The number of carbonyl (C=O) groups is 1. The largest absolute Gasteiger partial charge is 0.339 e. The molecular formula is C10H18ClNO. The Bertz CT molecular complexity index is 182. The van der Waals surface area contributed by atoms with Crippen LogP contribution in [0.2, 0.25) is 0 Å². The first kappa shape index (κ1) is 10.8. The predicted molar refractivity (Wildman–Crippen MR) is 55.0 cm³/mol. The van der Waals surface area contributed by atoms with Gasteiger partial charge in [0, 0.05) is 12.6 Å². The Labute approximate surface area is 85.2 Å². The van der Waals surface area contributed by atoms with E-state index in [4.69, 9.17) is 11.6 Å². The third-order valence-electron chi connectivity index (χ3n) is 2.68. The number of likely N-dealkylation sites (tertiary alicyclic amines) is 1.